The Labute approximate surface area is 249 Å². The standard InChI is InChI=1S/C17H25NO5S.C12H21NO3S/c1-13-5-7-15(8-6-13)24(20,21)23-14-9-11-18(12-10-14)16(19)22-17(2,3)4;1-9(14)17-10-5-7-13(8-6-10)11(15)16-12(2,3)4/h5-8,14H,9-12H2,1-4H3;10H,5-8H2,1-4H3. The van der Waals surface area contributed by atoms with Crippen molar-refractivity contribution in [3.63, 3.8) is 0 Å². The van der Waals surface area contributed by atoms with Crippen molar-refractivity contribution in [1.82, 2.24) is 9.80 Å². The number of amides is 2. The Kier molecular flexibility index (Phi) is 12.5. The number of nitrogens with zero attached hydrogens (tertiary/aromatic N) is 2. The van der Waals surface area contributed by atoms with E-state index < -0.39 is 27.4 Å². The number of likely N-dealkylation sites (tertiary alicyclic amines) is 2. The third-order valence-corrected chi connectivity index (χ3v) is 8.60. The molecule has 2 heterocycles. The molecule has 41 heavy (non-hydrogen) atoms. The molecule has 12 heteroatoms. The highest BCUT2D eigenvalue weighted by atomic mass is 32.2. The number of carbonyl (C=O) groups is 3. The normalized spacial score (nSPS) is 17.4. The van der Waals surface area contributed by atoms with E-state index in [1.807, 2.05) is 48.5 Å². The number of aryl methyl sites for hydroxylation is 1. The second-order valence-corrected chi connectivity index (χ2v) is 15.4. The Morgan fingerprint density at radius 2 is 1.20 bits per heavy atom. The van der Waals surface area contributed by atoms with Crippen molar-refractivity contribution in [3.05, 3.63) is 29.8 Å². The lowest BCUT2D eigenvalue weighted by atomic mass is 10.1. The number of ether oxygens (including phenoxy) is 2. The molecular formula is C29H46N2O8S2. The van der Waals surface area contributed by atoms with E-state index in [9.17, 15) is 22.8 Å². The van der Waals surface area contributed by atoms with Crippen LogP contribution in [0.5, 0.6) is 0 Å². The van der Waals surface area contributed by atoms with Crippen LogP contribution in [0, 0.1) is 6.92 Å². The zero-order valence-corrected chi connectivity index (χ0v) is 27.2. The van der Waals surface area contributed by atoms with Gasteiger partial charge >= 0.3 is 12.2 Å². The van der Waals surface area contributed by atoms with Crippen LogP contribution in [0.1, 0.15) is 79.7 Å². The van der Waals surface area contributed by atoms with E-state index in [-0.39, 0.29) is 22.2 Å². The average molecular weight is 615 g/mol. The van der Waals surface area contributed by atoms with Gasteiger partial charge in [-0.1, -0.05) is 29.5 Å². The molecule has 0 atom stereocenters. The maximum Gasteiger partial charge on any atom is 0.410 e. The number of benzene rings is 1. The second-order valence-electron chi connectivity index (χ2n) is 12.3. The Bertz CT molecular complexity index is 1120. The van der Waals surface area contributed by atoms with E-state index in [1.165, 1.54) is 11.8 Å². The second kappa shape index (κ2) is 14.7. The van der Waals surface area contributed by atoms with Gasteiger partial charge in [0, 0.05) is 38.4 Å². The van der Waals surface area contributed by atoms with Crippen LogP contribution in [0.15, 0.2) is 29.2 Å². The van der Waals surface area contributed by atoms with E-state index in [1.54, 1.807) is 41.0 Å². The number of hydrogen-bond donors (Lipinski definition) is 0. The molecule has 1 aromatic rings. The summed E-state index contributed by atoms with van der Waals surface area (Å²) in [5.74, 6) is 0. The first kappa shape index (κ1) is 34.9. The number of piperidine rings is 2. The maximum atomic E-state index is 12.3. The highest BCUT2D eigenvalue weighted by molar-refractivity contribution is 8.14. The molecule has 2 saturated heterocycles. The van der Waals surface area contributed by atoms with Crippen LogP contribution in [-0.2, 0) is 28.6 Å². The van der Waals surface area contributed by atoms with Gasteiger partial charge < -0.3 is 19.3 Å². The van der Waals surface area contributed by atoms with Gasteiger partial charge in [-0.05, 0) is 86.3 Å². The summed E-state index contributed by atoms with van der Waals surface area (Å²) in [5.41, 5.74) is 0.000915. The molecule has 2 amide bonds. The summed E-state index contributed by atoms with van der Waals surface area (Å²) in [7, 11) is -3.78. The number of thioether (sulfide) groups is 1. The predicted molar refractivity (Wildman–Crippen MR) is 159 cm³/mol. The fourth-order valence-corrected chi connectivity index (χ4v) is 6.17. The van der Waals surface area contributed by atoms with Crippen LogP contribution in [0.4, 0.5) is 9.59 Å². The van der Waals surface area contributed by atoms with Crippen LogP contribution in [0.2, 0.25) is 0 Å². The minimum absolute atomic E-state index is 0.153. The van der Waals surface area contributed by atoms with Gasteiger partial charge in [0.25, 0.3) is 10.1 Å². The summed E-state index contributed by atoms with van der Waals surface area (Å²) in [6.45, 7) is 16.7. The summed E-state index contributed by atoms with van der Waals surface area (Å²) in [4.78, 5) is 38.2. The molecule has 1 aromatic carbocycles. The molecule has 2 aliphatic rings. The van der Waals surface area contributed by atoms with Gasteiger partial charge in [0.2, 0.25) is 0 Å². The summed E-state index contributed by atoms with van der Waals surface area (Å²) in [6, 6.07) is 6.56. The van der Waals surface area contributed by atoms with Gasteiger partial charge in [0.1, 0.15) is 11.2 Å². The zero-order valence-electron chi connectivity index (χ0n) is 25.6. The van der Waals surface area contributed by atoms with Crippen molar-refractivity contribution >= 4 is 39.2 Å². The molecule has 0 aromatic heterocycles. The molecule has 0 saturated carbocycles. The molecule has 2 aliphatic heterocycles. The van der Waals surface area contributed by atoms with Crippen LogP contribution in [-0.4, -0.2) is 84.3 Å². The lowest BCUT2D eigenvalue weighted by molar-refractivity contribution is -0.109. The molecule has 0 N–H and O–H groups in total. The van der Waals surface area contributed by atoms with E-state index >= 15 is 0 Å². The van der Waals surface area contributed by atoms with Gasteiger partial charge in [-0.2, -0.15) is 8.42 Å². The Morgan fingerprint density at radius 3 is 1.59 bits per heavy atom. The van der Waals surface area contributed by atoms with Gasteiger partial charge in [0.15, 0.2) is 5.12 Å². The van der Waals surface area contributed by atoms with Gasteiger partial charge in [-0.3, -0.25) is 8.98 Å². The zero-order chi connectivity index (χ0) is 31.0. The van der Waals surface area contributed by atoms with Gasteiger partial charge in [-0.15, -0.1) is 0 Å². The average Bonchev–Trinajstić information content (AvgIpc) is 2.83. The summed E-state index contributed by atoms with van der Waals surface area (Å²) in [6.07, 6.45) is 1.61. The minimum Gasteiger partial charge on any atom is -0.444 e. The highest BCUT2D eigenvalue weighted by Gasteiger charge is 2.30. The van der Waals surface area contributed by atoms with Crippen molar-refractivity contribution in [2.45, 2.75) is 109 Å². The molecule has 2 fully saturated rings. The molecule has 232 valence electrons. The van der Waals surface area contributed by atoms with E-state index in [0.29, 0.717) is 44.3 Å². The molecular weight excluding hydrogens is 568 g/mol. The SMILES string of the molecule is CC(=O)SC1CCN(C(=O)OC(C)(C)C)CC1.Cc1ccc(S(=O)(=O)OC2CCN(C(=O)OC(C)(C)C)CC2)cc1. The van der Waals surface area contributed by atoms with Gasteiger partial charge in [0.05, 0.1) is 11.0 Å². The lowest BCUT2D eigenvalue weighted by Gasteiger charge is -2.33. The Balaban J connectivity index is 0.000000305. The van der Waals surface area contributed by atoms with Crippen molar-refractivity contribution in [3.8, 4) is 0 Å². The largest absolute Gasteiger partial charge is 0.444 e. The topological polar surface area (TPSA) is 120 Å². The summed E-state index contributed by atoms with van der Waals surface area (Å²) in [5, 5.41) is 0.506. The summed E-state index contributed by atoms with van der Waals surface area (Å²) < 4.78 is 40.5. The Morgan fingerprint density at radius 1 is 0.780 bits per heavy atom. The number of rotatable bonds is 4. The number of carbonyl (C=O) groups excluding carboxylic acids is 3. The van der Waals surface area contributed by atoms with Crippen molar-refractivity contribution in [2.24, 2.45) is 0 Å². The molecule has 0 aliphatic carbocycles. The highest BCUT2D eigenvalue weighted by Crippen LogP contribution is 2.25. The van der Waals surface area contributed by atoms with Crippen LogP contribution in [0.3, 0.4) is 0 Å². The van der Waals surface area contributed by atoms with E-state index in [4.69, 9.17) is 13.7 Å². The Hall–Kier alpha value is -2.31. The van der Waals surface area contributed by atoms with Crippen LogP contribution < -0.4 is 0 Å². The first-order chi connectivity index (χ1) is 18.8. The maximum absolute atomic E-state index is 12.3. The molecule has 3 rings (SSSR count). The third-order valence-electron chi connectivity index (χ3n) is 6.09. The van der Waals surface area contributed by atoms with E-state index in [2.05, 4.69) is 0 Å². The first-order valence-electron chi connectivity index (χ1n) is 14.0. The predicted octanol–water partition coefficient (Wildman–Crippen LogP) is 5.77. The number of hydrogen-bond acceptors (Lipinski definition) is 9. The molecule has 0 bridgehead atoms. The van der Waals surface area contributed by atoms with Crippen LogP contribution >= 0.6 is 11.8 Å². The van der Waals surface area contributed by atoms with E-state index in [0.717, 1.165) is 18.4 Å². The van der Waals surface area contributed by atoms with Gasteiger partial charge in [-0.25, -0.2) is 9.59 Å². The molecule has 0 spiro atoms. The summed E-state index contributed by atoms with van der Waals surface area (Å²) >= 11 is 1.38. The fourth-order valence-electron chi connectivity index (χ4n) is 4.12. The van der Waals surface area contributed by atoms with Crippen LogP contribution in [0.25, 0.3) is 0 Å². The monoisotopic (exact) mass is 614 g/mol. The third kappa shape index (κ3) is 13.0. The smallest absolute Gasteiger partial charge is 0.410 e. The lowest BCUT2D eigenvalue weighted by Crippen LogP contribution is -2.43. The molecule has 0 radical (unpaired) electrons. The minimum atomic E-state index is -3.78. The van der Waals surface area contributed by atoms with Crippen molar-refractivity contribution < 1.29 is 36.5 Å². The molecule has 10 nitrogen and oxygen atoms in total. The molecule has 0 unspecified atom stereocenters. The quantitative estimate of drug-likeness (QED) is 0.390. The van der Waals surface area contributed by atoms with Crippen molar-refractivity contribution in [1.29, 1.82) is 0 Å². The fraction of sp³-hybridized carbons (Fsp3) is 0.690. The first-order valence-corrected chi connectivity index (χ1v) is 16.3. The van der Waals surface area contributed by atoms with Crippen molar-refractivity contribution in [2.75, 3.05) is 26.2 Å².